The van der Waals surface area contributed by atoms with E-state index in [0.717, 1.165) is 50.4 Å². The van der Waals surface area contributed by atoms with Crippen LogP contribution in [-0.4, -0.2) is 48.1 Å². The highest BCUT2D eigenvalue weighted by Crippen LogP contribution is 2.30. The molecule has 1 aromatic rings. The maximum atomic E-state index is 11.5. The van der Waals surface area contributed by atoms with Crippen molar-refractivity contribution < 1.29 is 14.3 Å². The molecule has 3 amide bonds. The lowest BCUT2D eigenvalue weighted by molar-refractivity contribution is -0.118. The third kappa shape index (κ3) is 6.97. The predicted octanol–water partition coefficient (Wildman–Crippen LogP) is 2.45. The molecular formula is C21H33N5O3. The van der Waals surface area contributed by atoms with Gasteiger partial charge in [-0.25, -0.2) is 9.78 Å². The number of carbonyl (C=O) groups is 2. The molecule has 0 spiro atoms. The second-order valence-electron chi connectivity index (χ2n) is 8.00. The van der Waals surface area contributed by atoms with Gasteiger partial charge >= 0.3 is 6.03 Å². The SMILES string of the molecule is CCC(NNCCCCCN1CC(=O)NC1=O)c1cc(C)nc(OCC2CC2)c1. The Kier molecular flexibility index (Phi) is 7.83. The zero-order valence-corrected chi connectivity index (χ0v) is 17.5. The zero-order valence-electron chi connectivity index (χ0n) is 17.5. The maximum Gasteiger partial charge on any atom is 0.324 e. The maximum absolute atomic E-state index is 11.5. The van der Waals surface area contributed by atoms with Crippen LogP contribution < -0.4 is 20.9 Å². The molecule has 160 valence electrons. The molecule has 29 heavy (non-hydrogen) atoms. The Balaban J connectivity index is 1.34. The first kappa shape index (κ1) is 21.5. The Hall–Kier alpha value is -2.19. The molecule has 2 heterocycles. The van der Waals surface area contributed by atoms with Crippen LogP contribution in [0.1, 0.15) is 62.7 Å². The zero-order chi connectivity index (χ0) is 20.6. The minimum Gasteiger partial charge on any atom is -0.477 e. The first-order chi connectivity index (χ1) is 14.0. The van der Waals surface area contributed by atoms with E-state index in [1.807, 2.05) is 13.0 Å². The molecule has 1 aromatic heterocycles. The van der Waals surface area contributed by atoms with E-state index < -0.39 is 0 Å². The summed E-state index contributed by atoms with van der Waals surface area (Å²) in [4.78, 5) is 28.7. The van der Waals surface area contributed by atoms with Gasteiger partial charge in [0.2, 0.25) is 11.8 Å². The van der Waals surface area contributed by atoms with Crippen LogP contribution in [0.15, 0.2) is 12.1 Å². The summed E-state index contributed by atoms with van der Waals surface area (Å²) >= 11 is 0. The van der Waals surface area contributed by atoms with Crippen molar-refractivity contribution in [1.29, 1.82) is 0 Å². The molecule has 0 aromatic carbocycles. The average Bonchev–Trinajstić information content (AvgIpc) is 3.46. The summed E-state index contributed by atoms with van der Waals surface area (Å²) < 4.78 is 5.86. The smallest absolute Gasteiger partial charge is 0.324 e. The fraction of sp³-hybridized carbons (Fsp3) is 0.667. The first-order valence-corrected chi connectivity index (χ1v) is 10.7. The quantitative estimate of drug-likeness (QED) is 0.266. The van der Waals surface area contributed by atoms with Crippen molar-refractivity contribution in [3.05, 3.63) is 23.4 Å². The number of imide groups is 1. The molecule has 1 unspecified atom stereocenters. The second-order valence-corrected chi connectivity index (χ2v) is 8.00. The lowest BCUT2D eigenvalue weighted by Crippen LogP contribution is -2.36. The van der Waals surface area contributed by atoms with Crippen LogP contribution in [0.25, 0.3) is 0 Å². The van der Waals surface area contributed by atoms with Crippen molar-refractivity contribution in [3.8, 4) is 5.88 Å². The number of carbonyl (C=O) groups excluding carboxylic acids is 2. The molecule has 1 saturated carbocycles. The number of aryl methyl sites for hydroxylation is 1. The van der Waals surface area contributed by atoms with E-state index in [2.05, 4.69) is 34.1 Å². The van der Waals surface area contributed by atoms with E-state index in [0.29, 0.717) is 12.5 Å². The van der Waals surface area contributed by atoms with Crippen LogP contribution in [0.2, 0.25) is 0 Å². The van der Waals surface area contributed by atoms with E-state index in [4.69, 9.17) is 4.74 Å². The van der Waals surface area contributed by atoms with Crippen molar-refractivity contribution in [2.75, 3.05) is 26.2 Å². The van der Waals surface area contributed by atoms with Gasteiger partial charge < -0.3 is 9.64 Å². The van der Waals surface area contributed by atoms with Gasteiger partial charge in [0.1, 0.15) is 6.54 Å². The van der Waals surface area contributed by atoms with Crippen LogP contribution in [0.5, 0.6) is 5.88 Å². The Labute approximate surface area is 172 Å². The lowest BCUT2D eigenvalue weighted by Gasteiger charge is -2.19. The number of pyridine rings is 1. The molecule has 1 saturated heterocycles. The van der Waals surface area contributed by atoms with Gasteiger partial charge in [0, 0.05) is 30.9 Å². The number of unbranched alkanes of at least 4 members (excludes halogenated alkanes) is 2. The van der Waals surface area contributed by atoms with E-state index in [1.54, 1.807) is 4.90 Å². The van der Waals surface area contributed by atoms with Gasteiger partial charge in [-0.2, -0.15) is 0 Å². The number of nitrogens with one attached hydrogen (secondary N) is 3. The normalized spacial score (nSPS) is 17.5. The molecule has 8 heteroatoms. The summed E-state index contributed by atoms with van der Waals surface area (Å²) in [6, 6.07) is 4.07. The van der Waals surface area contributed by atoms with Crippen LogP contribution in [-0.2, 0) is 4.79 Å². The Bertz CT molecular complexity index is 708. The molecule has 2 aliphatic rings. The number of urea groups is 1. The summed E-state index contributed by atoms with van der Waals surface area (Å²) in [5.41, 5.74) is 8.88. The van der Waals surface area contributed by atoms with E-state index in [-0.39, 0.29) is 24.5 Å². The van der Waals surface area contributed by atoms with Gasteiger partial charge in [0.05, 0.1) is 6.61 Å². The molecule has 2 fully saturated rings. The monoisotopic (exact) mass is 403 g/mol. The second kappa shape index (κ2) is 10.5. The summed E-state index contributed by atoms with van der Waals surface area (Å²) in [6.45, 7) is 6.59. The van der Waals surface area contributed by atoms with Crippen molar-refractivity contribution in [3.63, 3.8) is 0 Å². The molecule has 0 bridgehead atoms. The molecule has 1 atom stereocenters. The predicted molar refractivity (Wildman–Crippen MR) is 110 cm³/mol. The van der Waals surface area contributed by atoms with Gasteiger partial charge in [-0.3, -0.25) is 21.0 Å². The molecular weight excluding hydrogens is 370 g/mol. The highest BCUT2D eigenvalue weighted by molar-refractivity contribution is 6.01. The van der Waals surface area contributed by atoms with Crippen molar-refractivity contribution in [2.24, 2.45) is 5.92 Å². The lowest BCUT2D eigenvalue weighted by atomic mass is 10.1. The van der Waals surface area contributed by atoms with Crippen LogP contribution in [0.3, 0.4) is 0 Å². The summed E-state index contributed by atoms with van der Waals surface area (Å²) in [5, 5.41) is 2.30. The molecule has 3 N–H and O–H groups in total. The molecule has 1 aliphatic carbocycles. The van der Waals surface area contributed by atoms with Crippen molar-refractivity contribution in [1.82, 2.24) is 26.1 Å². The first-order valence-electron chi connectivity index (χ1n) is 10.7. The number of hydrogen-bond acceptors (Lipinski definition) is 6. The molecule has 0 radical (unpaired) electrons. The Morgan fingerprint density at radius 3 is 2.79 bits per heavy atom. The minimum absolute atomic E-state index is 0.189. The van der Waals surface area contributed by atoms with Crippen LogP contribution in [0.4, 0.5) is 4.79 Å². The van der Waals surface area contributed by atoms with Crippen molar-refractivity contribution >= 4 is 11.9 Å². The van der Waals surface area contributed by atoms with Gasteiger partial charge in [0.25, 0.3) is 0 Å². The number of aromatic nitrogens is 1. The highest BCUT2D eigenvalue weighted by Gasteiger charge is 2.25. The third-order valence-electron chi connectivity index (χ3n) is 5.30. The number of rotatable bonds is 13. The van der Waals surface area contributed by atoms with Crippen LogP contribution >= 0.6 is 0 Å². The number of nitrogens with zero attached hydrogens (tertiary/aromatic N) is 2. The number of amides is 3. The third-order valence-corrected chi connectivity index (χ3v) is 5.30. The average molecular weight is 404 g/mol. The van der Waals surface area contributed by atoms with E-state index >= 15 is 0 Å². The summed E-state index contributed by atoms with van der Waals surface area (Å²) in [5.74, 6) is 1.22. The van der Waals surface area contributed by atoms with Gasteiger partial charge in [-0.15, -0.1) is 0 Å². The standard InChI is InChI=1S/C21H33N5O3/c1-3-18(17-11-15(2)23-20(12-17)29-14-16-7-8-16)25-22-9-5-4-6-10-26-13-19(27)24-21(26)28/h11-12,16,18,22,25H,3-10,13-14H2,1-2H3,(H,24,27,28). The van der Waals surface area contributed by atoms with Gasteiger partial charge in [0.15, 0.2) is 0 Å². The minimum atomic E-state index is -0.270. The number of hydrogen-bond donors (Lipinski definition) is 3. The topological polar surface area (TPSA) is 95.6 Å². The Morgan fingerprint density at radius 1 is 1.28 bits per heavy atom. The largest absolute Gasteiger partial charge is 0.477 e. The fourth-order valence-electron chi connectivity index (χ4n) is 3.40. The summed E-state index contributed by atoms with van der Waals surface area (Å²) in [6.07, 6.45) is 6.38. The van der Waals surface area contributed by atoms with Gasteiger partial charge in [-0.1, -0.05) is 13.3 Å². The van der Waals surface area contributed by atoms with Crippen LogP contribution in [0, 0.1) is 12.8 Å². The number of hydrazine groups is 1. The fourth-order valence-corrected chi connectivity index (χ4v) is 3.40. The van der Waals surface area contributed by atoms with Crippen molar-refractivity contribution in [2.45, 2.75) is 58.4 Å². The highest BCUT2D eigenvalue weighted by atomic mass is 16.5. The van der Waals surface area contributed by atoms with E-state index in [9.17, 15) is 9.59 Å². The Morgan fingerprint density at radius 2 is 2.10 bits per heavy atom. The number of ether oxygens (including phenoxy) is 1. The van der Waals surface area contributed by atoms with Gasteiger partial charge in [-0.05, 0) is 56.6 Å². The van der Waals surface area contributed by atoms with E-state index in [1.165, 1.54) is 18.4 Å². The molecule has 8 nitrogen and oxygen atoms in total. The molecule has 3 rings (SSSR count). The summed E-state index contributed by atoms with van der Waals surface area (Å²) in [7, 11) is 0. The molecule has 1 aliphatic heterocycles.